The number of aliphatic hydroxyl groups is 2. The number of benzene rings is 2. The molecule has 0 unspecified atom stereocenters. The lowest BCUT2D eigenvalue weighted by Crippen LogP contribution is -2.47. The number of amides is 2. The van der Waals surface area contributed by atoms with Crippen LogP contribution in [0.2, 0.25) is 5.02 Å². The van der Waals surface area contributed by atoms with Gasteiger partial charge in [-0.3, -0.25) is 20.1 Å². The number of aliphatic carboxylic acids is 1. The van der Waals surface area contributed by atoms with Crippen LogP contribution in [-0.4, -0.2) is 85.1 Å². The summed E-state index contributed by atoms with van der Waals surface area (Å²) in [5.41, 5.74) is 5.17. The lowest BCUT2D eigenvalue weighted by Gasteiger charge is -2.24. The first-order chi connectivity index (χ1) is 17.7. The highest BCUT2D eigenvalue weighted by Gasteiger charge is 2.28. The summed E-state index contributed by atoms with van der Waals surface area (Å²) in [4.78, 5) is 38.1. The summed E-state index contributed by atoms with van der Waals surface area (Å²) in [7, 11) is 0. The number of carbonyl (C=O) groups is 3. The van der Waals surface area contributed by atoms with Crippen molar-refractivity contribution in [2.24, 2.45) is 0 Å². The Morgan fingerprint density at radius 1 is 1.16 bits per heavy atom. The zero-order valence-corrected chi connectivity index (χ0v) is 20.4. The van der Waals surface area contributed by atoms with Crippen LogP contribution in [0.25, 0.3) is 11.1 Å². The van der Waals surface area contributed by atoms with Crippen LogP contribution >= 0.6 is 11.6 Å². The van der Waals surface area contributed by atoms with E-state index in [0.717, 1.165) is 16.7 Å². The number of carbonyl (C=O) groups excluding carboxylic acids is 2. The first-order valence-electron chi connectivity index (χ1n) is 11.5. The molecule has 2 amide bonds. The Hall–Kier alpha value is -3.77. The van der Waals surface area contributed by atoms with Crippen molar-refractivity contribution in [2.75, 3.05) is 19.6 Å². The van der Waals surface area contributed by atoms with Crippen molar-refractivity contribution >= 4 is 29.4 Å². The van der Waals surface area contributed by atoms with E-state index >= 15 is 0 Å². The predicted molar refractivity (Wildman–Crippen MR) is 134 cm³/mol. The molecule has 37 heavy (non-hydrogen) atoms. The van der Waals surface area contributed by atoms with Crippen LogP contribution in [0.4, 0.5) is 0 Å². The molecule has 1 aromatic heterocycles. The highest BCUT2D eigenvalue weighted by Crippen LogP contribution is 2.23. The third kappa shape index (κ3) is 6.71. The number of aromatic amines is 1. The van der Waals surface area contributed by atoms with Crippen molar-refractivity contribution in [1.82, 2.24) is 25.5 Å². The highest BCUT2D eigenvalue weighted by molar-refractivity contribution is 6.30. The summed E-state index contributed by atoms with van der Waals surface area (Å²) in [6, 6.07) is 16.1. The van der Waals surface area contributed by atoms with E-state index in [-0.39, 0.29) is 31.0 Å². The molecule has 2 aromatic carbocycles. The SMILES string of the molecule is O=C(NN(Cc1ccc(-c2cccc(Cl)c2)cc1)C[C@@H](O)C(=O)O)c1cc(C(=O)N2CC[C@@H](O)C2)n[nH]1. The fourth-order valence-electron chi connectivity index (χ4n) is 3.97. The fourth-order valence-corrected chi connectivity index (χ4v) is 4.16. The number of hydrogen-bond acceptors (Lipinski definition) is 7. The first-order valence-corrected chi connectivity index (χ1v) is 11.9. The van der Waals surface area contributed by atoms with Crippen molar-refractivity contribution in [3.05, 3.63) is 76.6 Å². The van der Waals surface area contributed by atoms with E-state index in [9.17, 15) is 24.6 Å². The molecule has 0 spiro atoms. The van der Waals surface area contributed by atoms with Gasteiger partial charge in [0.1, 0.15) is 5.69 Å². The molecule has 1 aliphatic rings. The minimum atomic E-state index is -1.74. The number of H-pyrrole nitrogens is 1. The van der Waals surface area contributed by atoms with Crippen molar-refractivity contribution in [3.8, 4) is 11.1 Å². The van der Waals surface area contributed by atoms with E-state index in [0.29, 0.717) is 18.0 Å². The minimum absolute atomic E-state index is 0.0192. The number of aliphatic hydroxyl groups excluding tert-OH is 2. The lowest BCUT2D eigenvalue weighted by molar-refractivity contribution is -0.148. The molecule has 0 saturated carbocycles. The molecule has 12 heteroatoms. The van der Waals surface area contributed by atoms with Gasteiger partial charge in [-0.25, -0.2) is 9.80 Å². The lowest BCUT2D eigenvalue weighted by atomic mass is 10.0. The molecular formula is C25H26ClN5O6. The number of carboxylic acid groups (broad SMARTS) is 1. The average molecular weight is 528 g/mol. The zero-order valence-electron chi connectivity index (χ0n) is 19.7. The van der Waals surface area contributed by atoms with Crippen LogP contribution < -0.4 is 5.43 Å². The van der Waals surface area contributed by atoms with Gasteiger partial charge in [0.2, 0.25) is 0 Å². The minimum Gasteiger partial charge on any atom is -0.479 e. The second-order valence-electron chi connectivity index (χ2n) is 8.74. The summed E-state index contributed by atoms with van der Waals surface area (Å²) in [6.07, 6.45) is -1.85. The van der Waals surface area contributed by atoms with Gasteiger partial charge in [-0.2, -0.15) is 5.10 Å². The Kier molecular flexibility index (Phi) is 8.19. The quantitative estimate of drug-likeness (QED) is 0.262. The van der Waals surface area contributed by atoms with Gasteiger partial charge in [0.05, 0.1) is 12.6 Å². The number of nitrogens with zero attached hydrogens (tertiary/aromatic N) is 3. The summed E-state index contributed by atoms with van der Waals surface area (Å²) >= 11 is 6.07. The van der Waals surface area contributed by atoms with Gasteiger partial charge in [0.25, 0.3) is 11.8 Å². The Bertz CT molecular complexity index is 1280. The van der Waals surface area contributed by atoms with Gasteiger partial charge in [-0.05, 0) is 35.2 Å². The summed E-state index contributed by atoms with van der Waals surface area (Å²) in [5, 5.41) is 37.0. The maximum atomic E-state index is 12.8. The Morgan fingerprint density at radius 3 is 2.57 bits per heavy atom. The maximum absolute atomic E-state index is 12.8. The first kappa shape index (κ1) is 26.3. The monoisotopic (exact) mass is 527 g/mol. The average Bonchev–Trinajstić information content (AvgIpc) is 3.53. The summed E-state index contributed by atoms with van der Waals surface area (Å²) < 4.78 is 0. The molecular weight excluding hydrogens is 502 g/mol. The molecule has 4 rings (SSSR count). The molecule has 0 radical (unpaired) electrons. The van der Waals surface area contributed by atoms with Crippen LogP contribution in [0.1, 0.15) is 33.0 Å². The zero-order chi connectivity index (χ0) is 26.5. The molecule has 194 valence electrons. The van der Waals surface area contributed by atoms with Gasteiger partial charge in [0, 0.05) is 30.7 Å². The van der Waals surface area contributed by atoms with E-state index in [2.05, 4.69) is 15.6 Å². The third-order valence-corrected chi connectivity index (χ3v) is 6.15. The number of rotatable bonds is 9. The maximum Gasteiger partial charge on any atom is 0.333 e. The smallest absolute Gasteiger partial charge is 0.333 e. The van der Waals surface area contributed by atoms with Gasteiger partial charge in [-0.1, -0.05) is 48.0 Å². The molecule has 0 bridgehead atoms. The highest BCUT2D eigenvalue weighted by atomic mass is 35.5. The van der Waals surface area contributed by atoms with Crippen LogP contribution in [0.15, 0.2) is 54.6 Å². The Labute approximate surface area is 217 Å². The number of hydrazine groups is 1. The molecule has 3 aromatic rings. The van der Waals surface area contributed by atoms with Crippen LogP contribution in [0, 0.1) is 0 Å². The largest absolute Gasteiger partial charge is 0.479 e. The van der Waals surface area contributed by atoms with E-state index in [1.54, 1.807) is 6.07 Å². The molecule has 2 atom stereocenters. The molecule has 1 aliphatic heterocycles. The normalized spacial score (nSPS) is 16.1. The van der Waals surface area contributed by atoms with Crippen LogP contribution in [0.3, 0.4) is 0 Å². The number of halogens is 1. The van der Waals surface area contributed by atoms with Gasteiger partial charge in [0.15, 0.2) is 11.8 Å². The van der Waals surface area contributed by atoms with E-state index in [1.165, 1.54) is 16.0 Å². The van der Waals surface area contributed by atoms with E-state index in [1.807, 2.05) is 42.5 Å². The number of β-amino-alcohol motifs (C(OH)–C–C–N with tert-alkyl or cyclic N) is 1. The number of carboxylic acids is 1. The third-order valence-electron chi connectivity index (χ3n) is 5.92. The predicted octanol–water partition coefficient (Wildman–Crippen LogP) is 1.53. The van der Waals surface area contributed by atoms with Crippen LogP contribution in [-0.2, 0) is 11.3 Å². The summed E-state index contributed by atoms with van der Waals surface area (Å²) in [6.45, 7) is 0.301. The Balaban J connectivity index is 1.45. The van der Waals surface area contributed by atoms with Crippen molar-refractivity contribution in [3.63, 3.8) is 0 Å². The molecule has 2 heterocycles. The standard InChI is InChI=1S/C25H26ClN5O6/c26-18-3-1-2-17(10-18)16-6-4-15(5-7-16)12-31(14-22(33)25(36)37)29-23(34)20-11-21(28-27-20)24(35)30-9-8-19(32)13-30/h1-7,10-11,19,22,32-33H,8-9,12-14H2,(H,27,28)(H,29,34)(H,36,37)/t19-,22-/m1/s1. The van der Waals surface area contributed by atoms with Gasteiger partial charge >= 0.3 is 5.97 Å². The number of aromatic nitrogens is 2. The second kappa shape index (κ2) is 11.5. The topological polar surface area (TPSA) is 159 Å². The molecule has 11 nitrogen and oxygen atoms in total. The van der Waals surface area contributed by atoms with Crippen molar-refractivity contribution < 1.29 is 29.7 Å². The van der Waals surface area contributed by atoms with E-state index in [4.69, 9.17) is 16.7 Å². The van der Waals surface area contributed by atoms with Gasteiger partial charge < -0.3 is 20.2 Å². The number of likely N-dealkylation sites (tertiary alicyclic amines) is 1. The number of hydrogen-bond donors (Lipinski definition) is 5. The summed E-state index contributed by atoms with van der Waals surface area (Å²) in [5.74, 6) is -2.51. The fraction of sp³-hybridized carbons (Fsp3) is 0.280. The molecule has 1 fully saturated rings. The van der Waals surface area contributed by atoms with Gasteiger partial charge in [-0.15, -0.1) is 0 Å². The molecule has 5 N–H and O–H groups in total. The van der Waals surface area contributed by atoms with E-state index < -0.39 is 30.0 Å². The Morgan fingerprint density at radius 2 is 1.92 bits per heavy atom. The van der Waals surface area contributed by atoms with Crippen LogP contribution in [0.5, 0.6) is 0 Å². The molecule has 1 saturated heterocycles. The van der Waals surface area contributed by atoms with Crippen molar-refractivity contribution in [1.29, 1.82) is 0 Å². The second-order valence-corrected chi connectivity index (χ2v) is 9.18. The number of nitrogens with one attached hydrogen (secondary N) is 2. The van der Waals surface area contributed by atoms with Crippen molar-refractivity contribution in [2.45, 2.75) is 25.2 Å². The molecule has 0 aliphatic carbocycles.